The third kappa shape index (κ3) is 2.67. The number of nitrogens with one attached hydrogen (secondary N) is 1. The van der Waals surface area contributed by atoms with Crippen LogP contribution in [0.3, 0.4) is 0 Å². The normalized spacial score (nSPS) is 11.9. The van der Waals surface area contributed by atoms with Crippen molar-refractivity contribution >= 4 is 5.82 Å². The van der Waals surface area contributed by atoms with Crippen LogP contribution in [0.5, 0.6) is 0 Å². The summed E-state index contributed by atoms with van der Waals surface area (Å²) in [7, 11) is 0. The molecule has 1 aromatic heterocycles. The molecule has 15 heavy (non-hydrogen) atoms. The van der Waals surface area contributed by atoms with Gasteiger partial charge in [0.1, 0.15) is 11.9 Å². The molecular formula is C11H16N4. The molecule has 0 fully saturated rings. The van der Waals surface area contributed by atoms with Gasteiger partial charge in [-0.05, 0) is 25.0 Å². The van der Waals surface area contributed by atoms with Crippen molar-refractivity contribution in [1.82, 2.24) is 4.98 Å². The number of aromatic nitrogens is 1. The van der Waals surface area contributed by atoms with Crippen molar-refractivity contribution in [3.05, 3.63) is 23.4 Å². The maximum Gasteiger partial charge on any atom is 0.144 e. The number of rotatable bonds is 4. The van der Waals surface area contributed by atoms with E-state index in [4.69, 9.17) is 11.0 Å². The van der Waals surface area contributed by atoms with Crippen molar-refractivity contribution in [2.24, 2.45) is 5.73 Å². The van der Waals surface area contributed by atoms with E-state index >= 15 is 0 Å². The average Bonchev–Trinajstić information content (AvgIpc) is 2.26. The minimum atomic E-state index is 0.173. The first-order valence-corrected chi connectivity index (χ1v) is 5.05. The van der Waals surface area contributed by atoms with Crippen LogP contribution in [0.15, 0.2) is 12.3 Å². The quantitative estimate of drug-likeness (QED) is 0.777. The van der Waals surface area contributed by atoms with E-state index in [9.17, 15) is 0 Å². The average molecular weight is 204 g/mol. The Kier molecular flexibility index (Phi) is 4.07. The van der Waals surface area contributed by atoms with E-state index in [-0.39, 0.29) is 6.04 Å². The van der Waals surface area contributed by atoms with Gasteiger partial charge >= 0.3 is 0 Å². The Labute approximate surface area is 90.1 Å². The first-order chi connectivity index (χ1) is 7.22. The topological polar surface area (TPSA) is 74.7 Å². The van der Waals surface area contributed by atoms with E-state index in [0.29, 0.717) is 17.9 Å². The van der Waals surface area contributed by atoms with Gasteiger partial charge in [-0.25, -0.2) is 4.98 Å². The molecule has 0 aliphatic carbocycles. The van der Waals surface area contributed by atoms with Gasteiger partial charge in [0, 0.05) is 18.8 Å². The molecule has 0 aliphatic heterocycles. The summed E-state index contributed by atoms with van der Waals surface area (Å²) in [6.45, 7) is 4.48. The van der Waals surface area contributed by atoms with Gasteiger partial charge in [0.25, 0.3) is 0 Å². The molecule has 0 spiro atoms. The zero-order valence-corrected chi connectivity index (χ0v) is 9.12. The molecule has 80 valence electrons. The predicted molar refractivity (Wildman–Crippen MR) is 60.4 cm³/mol. The van der Waals surface area contributed by atoms with Gasteiger partial charge in [0.2, 0.25) is 0 Å². The minimum Gasteiger partial charge on any atom is -0.365 e. The van der Waals surface area contributed by atoms with Crippen LogP contribution in [-0.2, 0) is 0 Å². The predicted octanol–water partition coefficient (Wildman–Crippen LogP) is 1.41. The summed E-state index contributed by atoms with van der Waals surface area (Å²) < 4.78 is 0. The highest BCUT2D eigenvalue weighted by Crippen LogP contribution is 2.16. The van der Waals surface area contributed by atoms with Gasteiger partial charge in [0.15, 0.2) is 0 Å². The largest absolute Gasteiger partial charge is 0.365 e. The molecule has 0 amide bonds. The Morgan fingerprint density at radius 3 is 2.93 bits per heavy atom. The fourth-order valence-corrected chi connectivity index (χ4v) is 1.33. The third-order valence-corrected chi connectivity index (χ3v) is 2.39. The van der Waals surface area contributed by atoms with Crippen LogP contribution in [0.1, 0.15) is 24.5 Å². The van der Waals surface area contributed by atoms with Gasteiger partial charge in [-0.3, -0.25) is 0 Å². The summed E-state index contributed by atoms with van der Waals surface area (Å²) in [5.74, 6) is 0.634. The smallest absolute Gasteiger partial charge is 0.144 e. The SMILES string of the molecule is CCC(CN)Nc1nccc(C)c1C#N. The van der Waals surface area contributed by atoms with Crippen molar-refractivity contribution in [2.45, 2.75) is 26.3 Å². The Morgan fingerprint density at radius 2 is 2.40 bits per heavy atom. The number of hydrogen-bond acceptors (Lipinski definition) is 4. The van der Waals surface area contributed by atoms with Gasteiger partial charge in [0.05, 0.1) is 5.56 Å². The van der Waals surface area contributed by atoms with Crippen molar-refractivity contribution in [3.63, 3.8) is 0 Å². The second kappa shape index (κ2) is 5.32. The van der Waals surface area contributed by atoms with Crippen LogP contribution in [-0.4, -0.2) is 17.6 Å². The molecular weight excluding hydrogens is 188 g/mol. The number of nitrogens with two attached hydrogens (primary N) is 1. The lowest BCUT2D eigenvalue weighted by atomic mass is 10.1. The number of anilines is 1. The molecule has 0 bridgehead atoms. The van der Waals surface area contributed by atoms with Crippen molar-refractivity contribution in [2.75, 3.05) is 11.9 Å². The fourth-order valence-electron chi connectivity index (χ4n) is 1.33. The molecule has 1 rings (SSSR count). The first-order valence-electron chi connectivity index (χ1n) is 5.05. The van der Waals surface area contributed by atoms with Crippen molar-refractivity contribution < 1.29 is 0 Å². The number of pyridine rings is 1. The van der Waals surface area contributed by atoms with Gasteiger partial charge in [-0.2, -0.15) is 5.26 Å². The van der Waals surface area contributed by atoms with E-state index in [0.717, 1.165) is 12.0 Å². The highest BCUT2D eigenvalue weighted by molar-refractivity contribution is 5.55. The molecule has 1 unspecified atom stereocenters. The third-order valence-electron chi connectivity index (χ3n) is 2.39. The highest BCUT2D eigenvalue weighted by Gasteiger charge is 2.09. The maximum absolute atomic E-state index is 9.00. The van der Waals surface area contributed by atoms with E-state index in [2.05, 4.69) is 16.4 Å². The Hall–Kier alpha value is -1.60. The summed E-state index contributed by atoms with van der Waals surface area (Å²) in [5, 5.41) is 12.2. The van der Waals surface area contributed by atoms with Gasteiger partial charge in [-0.15, -0.1) is 0 Å². The summed E-state index contributed by atoms with van der Waals surface area (Å²) in [6.07, 6.45) is 2.61. The van der Waals surface area contributed by atoms with E-state index in [1.165, 1.54) is 0 Å². The number of aryl methyl sites for hydroxylation is 1. The zero-order valence-electron chi connectivity index (χ0n) is 9.12. The van der Waals surface area contributed by atoms with Crippen LogP contribution in [0.25, 0.3) is 0 Å². The lowest BCUT2D eigenvalue weighted by molar-refractivity contribution is 0.699. The van der Waals surface area contributed by atoms with Crippen LogP contribution in [0.2, 0.25) is 0 Å². The number of nitrogens with zero attached hydrogens (tertiary/aromatic N) is 2. The van der Waals surface area contributed by atoms with E-state index < -0.39 is 0 Å². The Bertz CT molecular complexity index is 363. The maximum atomic E-state index is 9.00. The minimum absolute atomic E-state index is 0.173. The van der Waals surface area contributed by atoms with Gasteiger partial charge < -0.3 is 11.1 Å². The van der Waals surface area contributed by atoms with Crippen LogP contribution < -0.4 is 11.1 Å². The summed E-state index contributed by atoms with van der Waals surface area (Å²) in [4.78, 5) is 4.16. The number of nitriles is 1. The summed E-state index contributed by atoms with van der Waals surface area (Å²) in [6, 6.07) is 4.15. The molecule has 0 saturated heterocycles. The molecule has 0 aromatic carbocycles. The first kappa shape index (κ1) is 11.5. The Morgan fingerprint density at radius 1 is 1.67 bits per heavy atom. The number of hydrogen-bond donors (Lipinski definition) is 2. The molecule has 4 nitrogen and oxygen atoms in total. The second-order valence-corrected chi connectivity index (χ2v) is 3.45. The van der Waals surface area contributed by atoms with E-state index in [1.807, 2.05) is 19.9 Å². The standard InChI is InChI=1S/C11H16N4/c1-3-9(6-12)15-11-10(7-13)8(2)4-5-14-11/h4-5,9H,3,6,12H2,1-2H3,(H,14,15). The summed E-state index contributed by atoms with van der Waals surface area (Å²) >= 11 is 0. The molecule has 0 saturated carbocycles. The molecule has 1 aromatic rings. The van der Waals surface area contributed by atoms with Gasteiger partial charge in [-0.1, -0.05) is 6.92 Å². The molecule has 4 heteroatoms. The van der Waals surface area contributed by atoms with Crippen LogP contribution in [0, 0.1) is 18.3 Å². The molecule has 0 radical (unpaired) electrons. The molecule has 3 N–H and O–H groups in total. The van der Waals surface area contributed by atoms with Crippen molar-refractivity contribution in [3.8, 4) is 6.07 Å². The van der Waals surface area contributed by atoms with Crippen molar-refractivity contribution in [1.29, 1.82) is 5.26 Å². The van der Waals surface area contributed by atoms with Crippen LogP contribution >= 0.6 is 0 Å². The lowest BCUT2D eigenvalue weighted by Crippen LogP contribution is -2.28. The summed E-state index contributed by atoms with van der Waals surface area (Å²) in [5.41, 5.74) is 7.12. The molecule has 1 atom stereocenters. The Balaban J connectivity index is 2.95. The fraction of sp³-hybridized carbons (Fsp3) is 0.455. The van der Waals surface area contributed by atoms with Crippen LogP contribution in [0.4, 0.5) is 5.82 Å². The molecule has 1 heterocycles. The zero-order chi connectivity index (χ0) is 11.3. The highest BCUT2D eigenvalue weighted by atomic mass is 15.0. The second-order valence-electron chi connectivity index (χ2n) is 3.45. The monoisotopic (exact) mass is 204 g/mol. The lowest BCUT2D eigenvalue weighted by Gasteiger charge is -2.16. The van der Waals surface area contributed by atoms with E-state index in [1.54, 1.807) is 6.20 Å². The molecule has 0 aliphatic rings.